The molecule has 0 saturated carbocycles. The van der Waals surface area contributed by atoms with Gasteiger partial charge in [-0.25, -0.2) is 6.07 Å². The number of benzene rings is 4. The fourth-order valence-electron chi connectivity index (χ4n) is 4.44. The monoisotopic (exact) mass is 496 g/mol. The molecule has 0 aliphatic rings. The maximum absolute atomic E-state index is 2.52. The zero-order chi connectivity index (χ0) is 24.3. The van der Waals surface area contributed by atoms with Gasteiger partial charge >= 0.3 is 18.9 Å². The molecule has 0 saturated heterocycles. The second-order valence-electron chi connectivity index (χ2n) is 9.78. The summed E-state index contributed by atoms with van der Waals surface area (Å²) in [6.07, 6.45) is 0. The van der Waals surface area contributed by atoms with Gasteiger partial charge in [0.2, 0.25) is 0 Å². The minimum Gasteiger partial charge on any atom is -0.201 e. The van der Waals surface area contributed by atoms with E-state index in [2.05, 4.69) is 154 Å². The van der Waals surface area contributed by atoms with Crippen molar-refractivity contribution in [2.75, 3.05) is 0 Å². The molecule has 5 rings (SSSR count). The molecule has 36 heavy (non-hydrogen) atoms. The standard InChI is InChI=1S/C33H31P2.Li/c1-33(2,3)26-24-31(34(27-16-8-4-9-17-27)28-18-10-5-11-19-28)32(25-26)35(29-20-12-6-13-21-29)30-22-14-7-15-23-30;/h4-25H,1-3H3;/q-1;+1. The molecule has 3 heteroatoms. The van der Waals surface area contributed by atoms with Crippen LogP contribution in [-0.4, -0.2) is 0 Å². The smallest absolute Gasteiger partial charge is 0.201 e. The van der Waals surface area contributed by atoms with Gasteiger partial charge in [0.15, 0.2) is 0 Å². The maximum atomic E-state index is 2.52. The van der Waals surface area contributed by atoms with Crippen molar-refractivity contribution < 1.29 is 18.9 Å². The fourth-order valence-corrected chi connectivity index (χ4v) is 9.75. The topological polar surface area (TPSA) is 0 Å². The van der Waals surface area contributed by atoms with Crippen molar-refractivity contribution in [2.24, 2.45) is 0 Å². The van der Waals surface area contributed by atoms with Gasteiger partial charge < -0.3 is 0 Å². The van der Waals surface area contributed by atoms with Gasteiger partial charge in [-0.3, -0.25) is 0 Å². The quantitative estimate of drug-likeness (QED) is 0.193. The SMILES string of the molecule is CC(C)(C)c1cc(P(c2ccccc2)c2ccccc2)[c-](P(c2ccccc2)c2ccccc2)c1.[Li+]. The van der Waals surface area contributed by atoms with E-state index in [0.29, 0.717) is 0 Å². The van der Waals surface area contributed by atoms with Crippen LogP contribution in [0.3, 0.4) is 0 Å². The molecule has 0 radical (unpaired) electrons. The Kier molecular flexibility index (Phi) is 8.78. The Balaban J connectivity index is 0.00000304. The first-order valence-electron chi connectivity index (χ1n) is 12.1. The van der Waals surface area contributed by atoms with Crippen molar-refractivity contribution in [1.29, 1.82) is 0 Å². The molecule has 0 N–H and O–H groups in total. The average Bonchev–Trinajstić information content (AvgIpc) is 3.32. The van der Waals surface area contributed by atoms with Crippen molar-refractivity contribution in [3.63, 3.8) is 0 Å². The summed E-state index contributed by atoms with van der Waals surface area (Å²) in [4.78, 5) is 0. The van der Waals surface area contributed by atoms with Crippen LogP contribution in [0.2, 0.25) is 0 Å². The predicted molar refractivity (Wildman–Crippen MR) is 158 cm³/mol. The summed E-state index contributed by atoms with van der Waals surface area (Å²) in [6, 6.07) is 49.4. The van der Waals surface area contributed by atoms with Gasteiger partial charge in [-0.05, 0) is 29.1 Å². The van der Waals surface area contributed by atoms with Gasteiger partial charge in [-0.1, -0.05) is 155 Å². The second-order valence-corrected chi connectivity index (χ2v) is 14.1. The average molecular weight is 497 g/mol. The van der Waals surface area contributed by atoms with E-state index in [1.54, 1.807) is 0 Å². The predicted octanol–water partition coefficient (Wildman–Crippen LogP) is 3.22. The number of hydrogen-bond acceptors (Lipinski definition) is 0. The van der Waals surface area contributed by atoms with Crippen LogP contribution in [0.5, 0.6) is 0 Å². The normalized spacial score (nSPS) is 11.5. The third kappa shape index (κ3) is 5.81. The van der Waals surface area contributed by atoms with Crippen LogP contribution in [0.1, 0.15) is 26.3 Å². The molecule has 0 aromatic heterocycles. The minimum atomic E-state index is -0.690. The molecule has 0 aliphatic carbocycles. The summed E-state index contributed by atoms with van der Waals surface area (Å²) in [7, 11) is -1.38. The maximum Gasteiger partial charge on any atom is 1.00 e. The first-order chi connectivity index (χ1) is 17.0. The molecule has 0 spiro atoms. The van der Waals surface area contributed by atoms with Crippen molar-refractivity contribution in [3.8, 4) is 0 Å². The Morgan fingerprint density at radius 3 is 1.25 bits per heavy atom. The van der Waals surface area contributed by atoms with Crippen molar-refractivity contribution in [1.82, 2.24) is 0 Å². The van der Waals surface area contributed by atoms with Crippen molar-refractivity contribution in [3.05, 3.63) is 139 Å². The summed E-state index contributed by atoms with van der Waals surface area (Å²) in [5, 5.41) is 8.57. The molecule has 0 heterocycles. The summed E-state index contributed by atoms with van der Waals surface area (Å²) in [5.74, 6) is 0. The van der Waals surface area contributed by atoms with E-state index in [1.165, 1.54) is 37.4 Å². The third-order valence-corrected chi connectivity index (χ3v) is 11.4. The van der Waals surface area contributed by atoms with E-state index in [1.807, 2.05) is 0 Å². The number of hydrogen-bond donors (Lipinski definition) is 0. The van der Waals surface area contributed by atoms with Crippen LogP contribution < -0.4 is 50.7 Å². The Bertz CT molecular complexity index is 1180. The first kappa shape index (κ1) is 26.7. The molecule has 0 aliphatic heterocycles. The van der Waals surface area contributed by atoms with E-state index in [9.17, 15) is 0 Å². The molecular weight excluding hydrogens is 465 g/mol. The van der Waals surface area contributed by atoms with Gasteiger partial charge in [0.05, 0.1) is 0 Å². The summed E-state index contributed by atoms with van der Waals surface area (Å²) >= 11 is 0. The zero-order valence-electron chi connectivity index (χ0n) is 21.6. The third-order valence-electron chi connectivity index (χ3n) is 6.25. The van der Waals surface area contributed by atoms with Crippen molar-refractivity contribution in [2.45, 2.75) is 26.2 Å². The molecule has 5 aromatic carbocycles. The van der Waals surface area contributed by atoms with Crippen LogP contribution in [0.15, 0.2) is 133 Å². The van der Waals surface area contributed by atoms with Gasteiger partial charge in [0.1, 0.15) is 0 Å². The van der Waals surface area contributed by atoms with Gasteiger partial charge in [-0.2, -0.15) is 11.6 Å². The molecule has 0 nitrogen and oxygen atoms in total. The number of rotatable bonds is 6. The summed E-state index contributed by atoms with van der Waals surface area (Å²) in [5.41, 5.74) is 1.50. The summed E-state index contributed by atoms with van der Waals surface area (Å²) in [6.45, 7) is 6.99. The Hall–Kier alpha value is -2.31. The van der Waals surface area contributed by atoms with Gasteiger partial charge in [0.25, 0.3) is 0 Å². The van der Waals surface area contributed by atoms with E-state index in [0.717, 1.165) is 0 Å². The van der Waals surface area contributed by atoms with Crippen molar-refractivity contribution >= 4 is 47.7 Å². The van der Waals surface area contributed by atoms with Crippen LogP contribution in [-0.2, 0) is 5.41 Å². The Labute approximate surface area is 230 Å². The Morgan fingerprint density at radius 2 is 0.889 bits per heavy atom. The van der Waals surface area contributed by atoms with Crippen LogP contribution in [0.4, 0.5) is 0 Å². The first-order valence-corrected chi connectivity index (χ1v) is 14.8. The molecule has 0 amide bonds. The molecule has 0 fully saturated rings. The van der Waals surface area contributed by atoms with Crippen LogP contribution in [0.25, 0.3) is 0 Å². The van der Waals surface area contributed by atoms with Gasteiger partial charge in [0, 0.05) is 0 Å². The molecule has 5 aromatic rings. The van der Waals surface area contributed by atoms with Gasteiger partial charge in [-0.15, -0.1) is 10.6 Å². The van der Waals surface area contributed by atoms with E-state index in [4.69, 9.17) is 0 Å². The molecule has 0 bridgehead atoms. The second kappa shape index (κ2) is 11.8. The zero-order valence-corrected chi connectivity index (χ0v) is 23.4. The fraction of sp³-hybridized carbons (Fsp3) is 0.121. The minimum absolute atomic E-state index is 0. The summed E-state index contributed by atoms with van der Waals surface area (Å²) < 4.78 is 0. The molecule has 174 valence electrons. The molecule has 0 atom stereocenters. The largest absolute Gasteiger partial charge is 1.00 e. The van der Waals surface area contributed by atoms with Crippen LogP contribution in [0, 0.1) is 0 Å². The van der Waals surface area contributed by atoms with E-state index < -0.39 is 15.8 Å². The van der Waals surface area contributed by atoms with E-state index >= 15 is 0 Å². The van der Waals surface area contributed by atoms with Crippen LogP contribution >= 0.6 is 15.8 Å². The Morgan fingerprint density at radius 1 is 0.528 bits per heavy atom. The molecule has 0 unspecified atom stereocenters. The molecular formula is C33H31LiP2. The van der Waals surface area contributed by atoms with E-state index in [-0.39, 0.29) is 24.3 Å².